The normalized spacial score (nSPS) is 12.6. The molecule has 0 aromatic carbocycles. The zero-order valence-electron chi connectivity index (χ0n) is 25.8. The summed E-state index contributed by atoms with van der Waals surface area (Å²) >= 11 is 0. The molecule has 222 valence electrons. The highest BCUT2D eigenvalue weighted by Crippen LogP contribution is 2.14. The fraction of sp³-hybridized carbons (Fsp3) is 1.00. The van der Waals surface area contributed by atoms with E-state index in [1.807, 2.05) is 0 Å². The number of ether oxygens (including phenoxy) is 2. The van der Waals surface area contributed by atoms with Crippen molar-refractivity contribution in [1.82, 2.24) is 0 Å². The molecule has 2 radical (unpaired) electrons. The van der Waals surface area contributed by atoms with Crippen LogP contribution in [0.5, 0.6) is 0 Å². The van der Waals surface area contributed by atoms with Gasteiger partial charge in [0.05, 0.1) is 0 Å². The van der Waals surface area contributed by atoms with E-state index in [2.05, 4.69) is 20.8 Å². The first kappa shape index (κ1) is 37.1. The molecule has 1 atom stereocenters. The van der Waals surface area contributed by atoms with Crippen LogP contribution in [0.2, 0.25) is 6.04 Å². The van der Waals surface area contributed by atoms with Gasteiger partial charge in [-0.15, -0.1) is 0 Å². The predicted molar refractivity (Wildman–Crippen MR) is 167 cm³/mol. The maximum atomic E-state index is 6.19. The Balaban J connectivity index is 3.67. The Morgan fingerprint density at radius 3 is 1.08 bits per heavy atom. The van der Waals surface area contributed by atoms with Crippen LogP contribution in [0, 0.1) is 5.92 Å². The molecule has 0 rings (SSSR count). The Kier molecular flexibility index (Phi) is 32.4. The molecule has 0 aliphatic heterocycles. The third-order valence-corrected chi connectivity index (χ3v) is 9.17. The minimum absolute atomic E-state index is 0.00517. The van der Waals surface area contributed by atoms with Gasteiger partial charge in [0.15, 0.2) is 0 Å². The van der Waals surface area contributed by atoms with Gasteiger partial charge in [-0.2, -0.15) is 0 Å². The Bertz CT molecular complexity index is 380. The summed E-state index contributed by atoms with van der Waals surface area (Å²) in [6.07, 6.45) is 33.2. The van der Waals surface area contributed by atoms with Crippen LogP contribution in [0.1, 0.15) is 175 Å². The molecule has 0 fully saturated rings. The summed E-state index contributed by atoms with van der Waals surface area (Å²) in [5.41, 5.74) is 5.83. The summed E-state index contributed by atoms with van der Waals surface area (Å²) in [4.78, 5) is 0. The van der Waals surface area contributed by atoms with Gasteiger partial charge in [0.25, 0.3) is 0 Å². The predicted octanol–water partition coefficient (Wildman–Crippen LogP) is 10.4. The average Bonchev–Trinajstić information content (AvgIpc) is 2.91. The largest absolute Gasteiger partial charge is 0.357 e. The Labute approximate surface area is 237 Å². The highest BCUT2D eigenvalue weighted by molar-refractivity contribution is 6.36. The summed E-state index contributed by atoms with van der Waals surface area (Å²) in [6, 6.07) is 1.12. The van der Waals surface area contributed by atoms with Crippen LogP contribution in [-0.4, -0.2) is 35.2 Å². The van der Waals surface area contributed by atoms with Gasteiger partial charge in [-0.3, -0.25) is 0 Å². The van der Waals surface area contributed by atoms with Crippen molar-refractivity contribution in [2.75, 3.05) is 19.8 Å². The van der Waals surface area contributed by atoms with Crippen LogP contribution in [0.4, 0.5) is 0 Å². The molecule has 0 spiro atoms. The van der Waals surface area contributed by atoms with Gasteiger partial charge in [0, 0.05) is 13.2 Å². The lowest BCUT2D eigenvalue weighted by atomic mass is 10.1. The standard InChI is InChI=1S/C33H69NO2Si/c1-4-6-8-10-12-14-16-18-20-22-24-26-28-35-33(37-31-32(3)30-34)36-29-27-25-23-21-19-17-15-13-11-9-7-5-2/h32-33H,4-31,34H2,1-3H3. The molecule has 0 saturated heterocycles. The average molecular weight is 540 g/mol. The topological polar surface area (TPSA) is 44.5 Å². The van der Waals surface area contributed by atoms with Gasteiger partial charge in [-0.25, -0.2) is 0 Å². The highest BCUT2D eigenvalue weighted by atomic mass is 28.2. The van der Waals surface area contributed by atoms with Gasteiger partial charge in [-0.1, -0.05) is 168 Å². The Morgan fingerprint density at radius 1 is 0.486 bits per heavy atom. The highest BCUT2D eigenvalue weighted by Gasteiger charge is 2.13. The van der Waals surface area contributed by atoms with Crippen LogP contribution in [0.15, 0.2) is 0 Å². The molecule has 0 aliphatic carbocycles. The van der Waals surface area contributed by atoms with E-state index in [1.54, 1.807) is 0 Å². The molecule has 2 N–H and O–H groups in total. The molecule has 4 heteroatoms. The summed E-state index contributed by atoms with van der Waals surface area (Å²) in [5.74, 6) is 0.556. The van der Waals surface area contributed by atoms with Crippen molar-refractivity contribution in [3.63, 3.8) is 0 Å². The van der Waals surface area contributed by atoms with E-state index in [-0.39, 0.29) is 5.91 Å². The monoisotopic (exact) mass is 540 g/mol. The molecule has 3 nitrogen and oxygen atoms in total. The molecule has 0 aliphatic rings. The third kappa shape index (κ3) is 30.5. The third-order valence-electron chi connectivity index (χ3n) is 7.57. The van der Waals surface area contributed by atoms with Crippen LogP contribution >= 0.6 is 0 Å². The molecule has 1 unspecified atom stereocenters. The summed E-state index contributed by atoms with van der Waals surface area (Å²) in [7, 11) is 0.709. The lowest BCUT2D eigenvalue weighted by molar-refractivity contribution is -0.0927. The van der Waals surface area contributed by atoms with E-state index in [0.29, 0.717) is 15.4 Å². The van der Waals surface area contributed by atoms with Gasteiger partial charge in [0.1, 0.15) is 15.4 Å². The first-order valence-corrected chi connectivity index (χ1v) is 18.2. The molecule has 0 aromatic rings. The van der Waals surface area contributed by atoms with Crippen molar-refractivity contribution in [3.8, 4) is 0 Å². The molecular formula is C33H69NO2Si. The number of rotatable bonds is 32. The zero-order valence-corrected chi connectivity index (χ0v) is 26.8. The minimum atomic E-state index is -0.00517. The van der Waals surface area contributed by atoms with E-state index in [0.717, 1.165) is 25.8 Å². The quantitative estimate of drug-likeness (QED) is 0.0525. The van der Waals surface area contributed by atoms with Crippen LogP contribution in [0.3, 0.4) is 0 Å². The first-order chi connectivity index (χ1) is 18.2. The molecule has 37 heavy (non-hydrogen) atoms. The van der Waals surface area contributed by atoms with Gasteiger partial charge in [0.2, 0.25) is 0 Å². The van der Waals surface area contributed by atoms with Crippen molar-refractivity contribution in [1.29, 1.82) is 0 Å². The zero-order chi connectivity index (χ0) is 27.1. The van der Waals surface area contributed by atoms with Crippen LogP contribution in [0.25, 0.3) is 0 Å². The summed E-state index contributed by atoms with van der Waals surface area (Å²) < 4.78 is 12.4. The van der Waals surface area contributed by atoms with Gasteiger partial charge < -0.3 is 15.2 Å². The van der Waals surface area contributed by atoms with E-state index in [9.17, 15) is 0 Å². The van der Waals surface area contributed by atoms with E-state index in [4.69, 9.17) is 15.2 Å². The van der Waals surface area contributed by atoms with Crippen molar-refractivity contribution in [3.05, 3.63) is 0 Å². The molecular weight excluding hydrogens is 470 g/mol. The smallest absolute Gasteiger partial charge is 0.137 e. The van der Waals surface area contributed by atoms with E-state index in [1.165, 1.54) is 154 Å². The van der Waals surface area contributed by atoms with Crippen LogP contribution < -0.4 is 5.73 Å². The number of nitrogens with two attached hydrogens (primary N) is 1. The number of unbranched alkanes of at least 4 members (excludes halogenated alkanes) is 22. The molecule has 0 bridgehead atoms. The first-order valence-electron chi connectivity index (χ1n) is 16.9. The second kappa shape index (κ2) is 32.3. The summed E-state index contributed by atoms with van der Waals surface area (Å²) in [6.45, 7) is 9.29. The maximum absolute atomic E-state index is 6.19. The fourth-order valence-electron chi connectivity index (χ4n) is 4.81. The Morgan fingerprint density at radius 2 is 0.784 bits per heavy atom. The molecule has 0 amide bonds. The van der Waals surface area contributed by atoms with E-state index >= 15 is 0 Å². The van der Waals surface area contributed by atoms with Crippen molar-refractivity contribution in [2.45, 2.75) is 187 Å². The molecule has 0 saturated carbocycles. The lowest BCUT2D eigenvalue weighted by Crippen LogP contribution is -2.28. The number of hydrogen-bond donors (Lipinski definition) is 1. The second-order valence-corrected chi connectivity index (χ2v) is 12.9. The minimum Gasteiger partial charge on any atom is -0.357 e. The maximum Gasteiger partial charge on any atom is 0.137 e. The van der Waals surface area contributed by atoms with Crippen LogP contribution in [-0.2, 0) is 9.47 Å². The van der Waals surface area contributed by atoms with Crippen molar-refractivity contribution >= 4 is 9.52 Å². The number of hydrogen-bond acceptors (Lipinski definition) is 3. The molecule has 0 heterocycles. The van der Waals surface area contributed by atoms with Gasteiger partial charge in [-0.05, 0) is 25.3 Å². The van der Waals surface area contributed by atoms with Crippen molar-refractivity contribution in [2.24, 2.45) is 11.7 Å². The SMILES string of the molecule is CCCCCCCCCCCCCCOC(OCCCCCCCCCCCCCC)[Si]CC(C)CN. The van der Waals surface area contributed by atoms with Crippen molar-refractivity contribution < 1.29 is 9.47 Å². The van der Waals surface area contributed by atoms with Gasteiger partial charge >= 0.3 is 0 Å². The lowest BCUT2D eigenvalue weighted by Gasteiger charge is -2.19. The fourth-order valence-corrected chi connectivity index (χ4v) is 6.05. The summed E-state index contributed by atoms with van der Waals surface area (Å²) in [5, 5.41) is 0. The second-order valence-electron chi connectivity index (χ2n) is 11.6. The van der Waals surface area contributed by atoms with E-state index < -0.39 is 0 Å². The molecule has 0 aromatic heterocycles. The Hall–Kier alpha value is 0.0969.